The maximum atomic E-state index is 9.83. The summed E-state index contributed by atoms with van der Waals surface area (Å²) in [6.45, 7) is 3.61. The first kappa shape index (κ1) is 50.7. The second-order valence-electron chi connectivity index (χ2n) is 13.7. The number of imidazole rings is 2. The predicted octanol–water partition coefficient (Wildman–Crippen LogP) is 5.53. The Hall–Kier alpha value is -7.70. The Bertz CT molecular complexity index is 2520. The van der Waals surface area contributed by atoms with Gasteiger partial charge in [-0.05, 0) is 69.3 Å². The molecule has 0 saturated carbocycles. The Morgan fingerprint density at radius 1 is 0.391 bits per heavy atom. The van der Waals surface area contributed by atoms with Crippen LogP contribution < -0.4 is 15.3 Å². The van der Waals surface area contributed by atoms with Gasteiger partial charge in [0, 0.05) is 59.7 Å². The number of carbonyl (C=O) groups excluding carboxylic acids is 6. The van der Waals surface area contributed by atoms with E-state index in [0.717, 1.165) is 56.2 Å². The van der Waals surface area contributed by atoms with Crippen LogP contribution in [0.3, 0.4) is 0 Å². The number of para-hydroxylation sites is 6. The van der Waals surface area contributed by atoms with Crippen LogP contribution in [0.15, 0.2) is 170 Å². The number of hydrogen-bond donors (Lipinski definition) is 0. The van der Waals surface area contributed by atoms with Crippen LogP contribution in [0, 0.1) is 0 Å². The topological polar surface area (TPSA) is 207 Å². The molecule has 14 heteroatoms. The summed E-state index contributed by atoms with van der Waals surface area (Å²) in [5.74, 6) is -3.11. The third kappa shape index (κ3) is 16.0. The summed E-state index contributed by atoms with van der Waals surface area (Å²) in [6, 6.07) is 57.9. The van der Waals surface area contributed by atoms with Gasteiger partial charge >= 0.3 is 19.5 Å². The first-order valence-corrected chi connectivity index (χ1v) is 19.5. The largest absolute Gasteiger partial charge is 3.00 e. The maximum Gasteiger partial charge on any atom is 3.00 e. The summed E-state index contributed by atoms with van der Waals surface area (Å²) in [4.78, 5) is 67.6. The number of hydrogen-bond acceptors (Lipinski definition) is 11. The van der Waals surface area contributed by atoms with Gasteiger partial charge in [-0.15, -0.1) is 0 Å². The van der Waals surface area contributed by atoms with Crippen molar-refractivity contribution in [2.24, 2.45) is 0 Å². The molecule has 0 aliphatic heterocycles. The molecule has 0 unspecified atom stereocenters. The van der Waals surface area contributed by atoms with Crippen molar-refractivity contribution in [2.75, 3.05) is 0 Å². The second kappa shape index (κ2) is 25.9. The summed E-state index contributed by atoms with van der Waals surface area (Å²) in [6.07, 6.45) is -1.42. The molecule has 6 aromatic carbocycles. The van der Waals surface area contributed by atoms with E-state index in [0.29, 0.717) is 0 Å². The quantitative estimate of drug-likeness (QED) is 0.123. The van der Waals surface area contributed by atoms with E-state index in [9.17, 15) is 44.1 Å². The number of ketones is 3. The third-order valence-corrected chi connectivity index (χ3v) is 8.39. The Balaban J connectivity index is 0.000000236. The molecule has 0 N–H and O–H groups in total. The average molecular weight is 945 g/mol. The van der Waals surface area contributed by atoms with Crippen LogP contribution in [0.4, 0.5) is 0 Å². The van der Waals surface area contributed by atoms with E-state index in [1.807, 2.05) is 60.7 Å². The molecule has 325 valence electrons. The molecule has 2 heterocycles. The van der Waals surface area contributed by atoms with Crippen molar-refractivity contribution < 1.29 is 63.6 Å². The van der Waals surface area contributed by atoms with Gasteiger partial charge in [-0.2, -0.15) is 0 Å². The molecule has 0 spiro atoms. The van der Waals surface area contributed by atoms with Crippen LogP contribution in [0.2, 0.25) is 0 Å². The minimum absolute atomic E-state index is 0. The van der Waals surface area contributed by atoms with Gasteiger partial charge in [0.05, 0.1) is 22.1 Å². The fourth-order valence-corrected chi connectivity index (χ4v) is 5.90. The average Bonchev–Trinajstić information content (AvgIpc) is 3.84. The Labute approximate surface area is 382 Å². The molecule has 0 aliphatic carbocycles. The van der Waals surface area contributed by atoms with E-state index in [4.69, 9.17) is 9.97 Å². The van der Waals surface area contributed by atoms with Crippen molar-refractivity contribution in [1.29, 1.82) is 0 Å². The summed E-state index contributed by atoms with van der Waals surface area (Å²) >= 11 is 0. The molecule has 64 heavy (non-hydrogen) atoms. The predicted molar refractivity (Wildman–Crippen MR) is 234 cm³/mol. The molecule has 8 aromatic rings. The van der Waals surface area contributed by atoms with Crippen LogP contribution >= 0.6 is 0 Å². The zero-order chi connectivity index (χ0) is 45.7. The molecule has 8 rings (SSSR count). The van der Waals surface area contributed by atoms with E-state index in [2.05, 4.69) is 118 Å². The van der Waals surface area contributed by atoms with Gasteiger partial charge in [0.1, 0.15) is 29.0 Å². The van der Waals surface area contributed by atoms with Crippen LogP contribution in [-0.4, -0.2) is 54.4 Å². The number of nitrogens with zero attached hydrogens (tertiary/aromatic N) is 4. The van der Waals surface area contributed by atoms with E-state index in [1.54, 1.807) is 0 Å². The van der Waals surface area contributed by atoms with Crippen molar-refractivity contribution in [1.82, 2.24) is 19.1 Å². The van der Waals surface area contributed by atoms with Crippen molar-refractivity contribution in [2.45, 2.75) is 40.0 Å². The standard InChI is InChI=1S/2C19H14N2.3C4H6O3.Ru/c2*1-3-9-15(10-4-1)19-20-17-13-7-8-14-18(17)21(19)16-11-5-2-6-12-16;3*1-3(5)2-4(6)7;/h2*1-14H;3*2H2,1H3,(H,6,7);/q;;;;;+3/p-3. The van der Waals surface area contributed by atoms with Crippen molar-refractivity contribution in [3.8, 4) is 34.2 Å². The molecular weight excluding hydrogens is 902 g/mol. The maximum absolute atomic E-state index is 9.83. The minimum atomic E-state index is -1.31. The number of carboxylic acid groups (broad SMARTS) is 3. The van der Waals surface area contributed by atoms with Gasteiger partial charge in [0.25, 0.3) is 0 Å². The van der Waals surface area contributed by atoms with Crippen molar-refractivity contribution >= 4 is 57.3 Å². The summed E-state index contributed by atoms with van der Waals surface area (Å²) in [7, 11) is 0. The number of rotatable bonds is 10. The number of aromatic nitrogens is 4. The number of benzene rings is 6. The molecule has 0 bridgehead atoms. The fourth-order valence-electron chi connectivity index (χ4n) is 5.90. The summed E-state index contributed by atoms with van der Waals surface area (Å²) in [5.41, 5.74) is 8.79. The fraction of sp³-hybridized carbons (Fsp3) is 0.120. The van der Waals surface area contributed by atoms with Crippen LogP contribution in [0.1, 0.15) is 40.0 Å². The number of fused-ring (bicyclic) bond motifs is 2. The van der Waals surface area contributed by atoms with Crippen LogP contribution in [0.5, 0.6) is 0 Å². The minimum Gasteiger partial charge on any atom is -0.550 e. The number of aliphatic carboxylic acids is 3. The molecule has 0 amide bonds. The Morgan fingerprint density at radius 3 is 0.891 bits per heavy atom. The van der Waals surface area contributed by atoms with Gasteiger partial charge in [-0.3, -0.25) is 23.5 Å². The normalized spacial score (nSPS) is 9.80. The zero-order valence-electron chi connectivity index (χ0n) is 35.1. The van der Waals surface area contributed by atoms with Gasteiger partial charge in [0.2, 0.25) is 0 Å². The molecular formula is C50H43N4O9Ru. The third-order valence-electron chi connectivity index (χ3n) is 8.39. The van der Waals surface area contributed by atoms with Gasteiger partial charge in [-0.25, -0.2) is 9.97 Å². The summed E-state index contributed by atoms with van der Waals surface area (Å²) < 4.78 is 4.43. The molecule has 0 fully saturated rings. The van der Waals surface area contributed by atoms with Crippen LogP contribution in [0.25, 0.3) is 56.2 Å². The van der Waals surface area contributed by atoms with E-state index >= 15 is 0 Å². The molecule has 0 saturated heterocycles. The Kier molecular flexibility index (Phi) is 20.5. The molecule has 13 nitrogen and oxygen atoms in total. The van der Waals surface area contributed by atoms with Gasteiger partial charge in [-0.1, -0.05) is 121 Å². The second-order valence-corrected chi connectivity index (χ2v) is 13.7. The first-order chi connectivity index (χ1) is 30.2. The van der Waals surface area contributed by atoms with Crippen molar-refractivity contribution in [3.05, 3.63) is 170 Å². The molecule has 0 atom stereocenters. The van der Waals surface area contributed by atoms with Gasteiger partial charge < -0.3 is 29.7 Å². The number of Topliss-reactive ketones (excluding diaryl/α,β-unsaturated/α-hetero) is 3. The molecule has 2 aromatic heterocycles. The zero-order valence-corrected chi connectivity index (χ0v) is 36.8. The first-order valence-electron chi connectivity index (χ1n) is 19.5. The SMILES string of the molecule is CC(=O)CC(=O)[O-].CC(=O)CC(=O)[O-].CC(=O)CC(=O)[O-].[Ru+3].c1ccc(-c2nc3ccccc3n2-c2ccccc2)cc1.c1ccc(-c2nc3ccccc3n2-c2ccccc2)cc1. The number of carbonyl (C=O) groups is 6. The molecule has 0 aliphatic rings. The smallest absolute Gasteiger partial charge is 0.550 e. The van der Waals surface area contributed by atoms with E-state index < -0.39 is 37.2 Å². The van der Waals surface area contributed by atoms with E-state index in [1.165, 1.54) is 20.8 Å². The van der Waals surface area contributed by atoms with E-state index in [-0.39, 0.29) is 36.8 Å². The molecule has 1 radical (unpaired) electrons. The number of carboxylic acids is 3. The summed E-state index contributed by atoms with van der Waals surface area (Å²) in [5, 5.41) is 28.4. The van der Waals surface area contributed by atoms with Crippen LogP contribution in [-0.2, 0) is 48.2 Å². The van der Waals surface area contributed by atoms with Crippen molar-refractivity contribution in [3.63, 3.8) is 0 Å². The van der Waals surface area contributed by atoms with Gasteiger partial charge in [0.15, 0.2) is 0 Å². The Morgan fingerprint density at radius 2 is 0.641 bits per heavy atom. The monoisotopic (exact) mass is 945 g/mol.